The van der Waals surface area contributed by atoms with Gasteiger partial charge in [0.25, 0.3) is 0 Å². The van der Waals surface area contributed by atoms with Crippen molar-refractivity contribution in [3.05, 3.63) is 40.6 Å². The van der Waals surface area contributed by atoms with Crippen molar-refractivity contribution in [2.45, 2.75) is 13.3 Å². The third kappa shape index (κ3) is 1.51. The Hall–Kier alpha value is -2.49. The Kier molecular flexibility index (Phi) is 2.27. The van der Waals surface area contributed by atoms with Gasteiger partial charge >= 0.3 is 0 Å². The molecule has 1 aromatic heterocycles. The summed E-state index contributed by atoms with van der Waals surface area (Å²) in [6.07, 6.45) is 0.865. The SMILES string of the molecule is CCCOc1c2c(cc3oc4ccccc4c(=O)c13)O2. The summed E-state index contributed by atoms with van der Waals surface area (Å²) in [6.45, 7) is 2.56. The summed E-state index contributed by atoms with van der Waals surface area (Å²) in [4.78, 5) is 12.7. The molecule has 0 saturated heterocycles. The van der Waals surface area contributed by atoms with Crippen LogP contribution in [0, 0.1) is 0 Å². The Bertz CT molecular complexity index is 892. The molecule has 0 aliphatic carbocycles. The van der Waals surface area contributed by atoms with Gasteiger partial charge in [-0.05, 0) is 18.6 Å². The smallest absolute Gasteiger partial charge is 0.212 e. The molecule has 0 unspecified atom stereocenters. The van der Waals surface area contributed by atoms with E-state index in [1.165, 1.54) is 0 Å². The van der Waals surface area contributed by atoms with Crippen LogP contribution in [0.2, 0.25) is 0 Å². The molecule has 0 atom stereocenters. The number of rotatable bonds is 3. The Morgan fingerprint density at radius 3 is 2.90 bits per heavy atom. The fourth-order valence-corrected chi connectivity index (χ4v) is 2.39. The third-order valence-electron chi connectivity index (χ3n) is 3.37. The molecule has 100 valence electrons. The predicted octanol–water partition coefficient (Wildman–Crippen LogP) is 3.84. The van der Waals surface area contributed by atoms with Crippen LogP contribution < -0.4 is 14.9 Å². The van der Waals surface area contributed by atoms with E-state index in [1.807, 2.05) is 19.1 Å². The predicted molar refractivity (Wildman–Crippen MR) is 75.9 cm³/mol. The lowest BCUT2D eigenvalue weighted by Crippen LogP contribution is -2.05. The van der Waals surface area contributed by atoms with Crippen molar-refractivity contribution in [3.8, 4) is 17.2 Å². The van der Waals surface area contributed by atoms with Crippen LogP contribution in [0.15, 0.2) is 39.5 Å². The van der Waals surface area contributed by atoms with Crippen LogP contribution in [0.25, 0.3) is 21.9 Å². The Labute approximate surface area is 114 Å². The number of fused-ring (bicyclic) bond motifs is 3. The molecular weight excluding hydrogens is 256 g/mol. The van der Waals surface area contributed by atoms with Crippen LogP contribution in [0.1, 0.15) is 13.3 Å². The minimum atomic E-state index is -0.0775. The van der Waals surface area contributed by atoms with Crippen LogP contribution in [-0.4, -0.2) is 6.61 Å². The highest BCUT2D eigenvalue weighted by Crippen LogP contribution is 2.55. The lowest BCUT2D eigenvalue weighted by atomic mass is 10.1. The van der Waals surface area contributed by atoms with Gasteiger partial charge in [0.1, 0.15) is 16.6 Å². The minimum absolute atomic E-state index is 0.0775. The highest BCUT2D eigenvalue weighted by molar-refractivity contribution is 5.98. The molecule has 0 bridgehead atoms. The summed E-state index contributed by atoms with van der Waals surface area (Å²) in [5.74, 6) is 1.90. The maximum Gasteiger partial charge on any atom is 0.212 e. The van der Waals surface area contributed by atoms with E-state index < -0.39 is 0 Å². The lowest BCUT2D eigenvalue weighted by molar-refractivity contribution is 0.317. The monoisotopic (exact) mass is 268 g/mol. The number of ether oxygens (including phenoxy) is 2. The number of hydrogen-bond donors (Lipinski definition) is 0. The fraction of sp³-hybridized carbons (Fsp3) is 0.188. The van der Waals surface area contributed by atoms with Gasteiger partial charge in [0.15, 0.2) is 11.5 Å². The van der Waals surface area contributed by atoms with Gasteiger partial charge < -0.3 is 13.9 Å². The van der Waals surface area contributed by atoms with Gasteiger partial charge in [-0.1, -0.05) is 19.1 Å². The molecule has 1 aliphatic rings. The van der Waals surface area contributed by atoms with Gasteiger partial charge in [-0.15, -0.1) is 0 Å². The van der Waals surface area contributed by atoms with Gasteiger partial charge in [-0.25, -0.2) is 0 Å². The van der Waals surface area contributed by atoms with Crippen molar-refractivity contribution >= 4 is 21.9 Å². The van der Waals surface area contributed by atoms with Gasteiger partial charge in [0.2, 0.25) is 11.2 Å². The van der Waals surface area contributed by atoms with Crippen LogP contribution in [-0.2, 0) is 0 Å². The molecule has 2 aromatic carbocycles. The van der Waals surface area contributed by atoms with E-state index in [2.05, 4.69) is 0 Å². The standard InChI is InChI=1S/C16H12O4/c1-2-7-18-16-13-11(8-12-15(16)20-12)19-10-6-4-3-5-9(10)14(13)17/h3-6,8H,2,7H2,1H3. The molecular formula is C16H12O4. The zero-order chi connectivity index (χ0) is 13.7. The van der Waals surface area contributed by atoms with Crippen molar-refractivity contribution < 1.29 is 13.9 Å². The van der Waals surface area contributed by atoms with Gasteiger partial charge in [-0.3, -0.25) is 4.79 Å². The molecule has 0 N–H and O–H groups in total. The van der Waals surface area contributed by atoms with Crippen molar-refractivity contribution in [2.75, 3.05) is 6.61 Å². The largest absolute Gasteiger partial charge is 0.489 e. The van der Waals surface area contributed by atoms with Crippen molar-refractivity contribution in [1.29, 1.82) is 0 Å². The quantitative estimate of drug-likeness (QED) is 0.418. The first-order valence-electron chi connectivity index (χ1n) is 6.63. The molecule has 0 amide bonds. The Balaban J connectivity index is 2.10. The Morgan fingerprint density at radius 2 is 2.05 bits per heavy atom. The number of para-hydroxylation sites is 1. The molecule has 4 rings (SSSR count). The first-order valence-corrected chi connectivity index (χ1v) is 6.63. The number of benzene rings is 2. The van der Waals surface area contributed by atoms with E-state index >= 15 is 0 Å². The first kappa shape index (κ1) is 11.3. The van der Waals surface area contributed by atoms with E-state index in [1.54, 1.807) is 18.2 Å². The van der Waals surface area contributed by atoms with Crippen LogP contribution in [0.5, 0.6) is 17.2 Å². The van der Waals surface area contributed by atoms with Crippen LogP contribution >= 0.6 is 0 Å². The molecule has 2 heterocycles. The average Bonchev–Trinajstić information content (AvgIpc) is 3.23. The maximum atomic E-state index is 12.7. The van der Waals surface area contributed by atoms with Gasteiger partial charge in [0, 0.05) is 6.07 Å². The van der Waals surface area contributed by atoms with E-state index in [4.69, 9.17) is 13.9 Å². The zero-order valence-corrected chi connectivity index (χ0v) is 10.9. The van der Waals surface area contributed by atoms with E-state index in [0.717, 1.165) is 12.2 Å². The second-order valence-corrected chi connectivity index (χ2v) is 4.78. The van der Waals surface area contributed by atoms with E-state index in [9.17, 15) is 4.79 Å². The maximum absolute atomic E-state index is 12.7. The van der Waals surface area contributed by atoms with E-state index in [0.29, 0.717) is 40.0 Å². The highest BCUT2D eigenvalue weighted by Gasteiger charge is 2.31. The molecule has 1 aliphatic heterocycles. The molecule has 0 radical (unpaired) electrons. The zero-order valence-electron chi connectivity index (χ0n) is 10.9. The van der Waals surface area contributed by atoms with E-state index in [-0.39, 0.29) is 5.43 Å². The first-order chi connectivity index (χ1) is 9.79. The minimum Gasteiger partial charge on any atom is -0.489 e. The molecule has 4 heteroatoms. The normalized spacial score (nSPS) is 12.2. The average molecular weight is 268 g/mol. The summed E-state index contributed by atoms with van der Waals surface area (Å²) in [5.41, 5.74) is 1.01. The number of hydrogen-bond acceptors (Lipinski definition) is 4. The van der Waals surface area contributed by atoms with Crippen molar-refractivity contribution in [2.24, 2.45) is 0 Å². The van der Waals surface area contributed by atoms with Crippen molar-refractivity contribution in [3.63, 3.8) is 0 Å². The summed E-state index contributed by atoms with van der Waals surface area (Å²) in [7, 11) is 0. The van der Waals surface area contributed by atoms with Crippen LogP contribution in [0.4, 0.5) is 0 Å². The second kappa shape index (κ2) is 4.00. The molecule has 3 aromatic rings. The van der Waals surface area contributed by atoms with Gasteiger partial charge in [-0.2, -0.15) is 0 Å². The molecule has 0 saturated carbocycles. The highest BCUT2D eigenvalue weighted by atomic mass is 16.6. The fourth-order valence-electron chi connectivity index (χ4n) is 2.39. The summed E-state index contributed by atoms with van der Waals surface area (Å²) < 4.78 is 16.9. The van der Waals surface area contributed by atoms with Crippen molar-refractivity contribution in [1.82, 2.24) is 0 Å². The molecule has 20 heavy (non-hydrogen) atoms. The molecule has 4 nitrogen and oxygen atoms in total. The summed E-state index contributed by atoms with van der Waals surface area (Å²) in [5, 5.41) is 1.02. The van der Waals surface area contributed by atoms with Crippen LogP contribution in [0.3, 0.4) is 0 Å². The second-order valence-electron chi connectivity index (χ2n) is 4.78. The summed E-state index contributed by atoms with van der Waals surface area (Å²) in [6, 6.07) is 8.96. The molecule has 0 fully saturated rings. The molecule has 0 spiro atoms. The topological polar surface area (TPSA) is 52.0 Å². The Morgan fingerprint density at radius 1 is 1.20 bits per heavy atom. The van der Waals surface area contributed by atoms with Gasteiger partial charge in [0.05, 0.1) is 12.0 Å². The third-order valence-corrected chi connectivity index (χ3v) is 3.37. The lowest BCUT2D eigenvalue weighted by Gasteiger charge is -2.06. The summed E-state index contributed by atoms with van der Waals surface area (Å²) >= 11 is 0.